The molecule has 1 aromatic carbocycles. The number of benzene rings is 1. The van der Waals surface area contributed by atoms with Gasteiger partial charge >= 0.3 is 0 Å². The molecule has 26 heavy (non-hydrogen) atoms. The van der Waals surface area contributed by atoms with E-state index in [1.54, 1.807) is 0 Å². The maximum atomic E-state index is 12.4. The predicted octanol–water partition coefficient (Wildman–Crippen LogP) is 2.54. The minimum atomic E-state index is 0. The molecule has 0 atom stereocenters. The third kappa shape index (κ3) is 6.02. The van der Waals surface area contributed by atoms with E-state index in [9.17, 15) is 4.79 Å². The van der Waals surface area contributed by atoms with Gasteiger partial charge in [-0.25, -0.2) is 0 Å². The van der Waals surface area contributed by atoms with Crippen LogP contribution < -0.4 is 15.5 Å². The Kier molecular flexibility index (Phi) is 9.72. The molecule has 3 rings (SSSR count). The van der Waals surface area contributed by atoms with Crippen LogP contribution in [0.25, 0.3) is 0 Å². The summed E-state index contributed by atoms with van der Waals surface area (Å²) in [5.74, 6) is 0.0538. The van der Waals surface area contributed by atoms with E-state index >= 15 is 0 Å². The number of carbonyl (C=O) groups excluding carboxylic acids is 1. The fourth-order valence-corrected chi connectivity index (χ4v) is 3.56. The quantitative estimate of drug-likeness (QED) is 0.811. The van der Waals surface area contributed by atoms with Crippen molar-refractivity contribution in [3.63, 3.8) is 0 Å². The molecule has 0 saturated carbocycles. The first-order chi connectivity index (χ1) is 11.6. The van der Waals surface area contributed by atoms with Gasteiger partial charge in [0.15, 0.2) is 0 Å². The highest BCUT2D eigenvalue weighted by Gasteiger charge is 2.20. The molecule has 2 fully saturated rings. The Labute approximate surface area is 169 Å². The molecule has 2 N–H and O–H groups in total. The van der Waals surface area contributed by atoms with Crippen LogP contribution in [0, 0.1) is 0 Å². The molecule has 0 bridgehead atoms. The van der Waals surface area contributed by atoms with E-state index in [1.807, 2.05) is 12.1 Å². The smallest absolute Gasteiger partial charge is 0.251 e. The third-order valence-corrected chi connectivity index (χ3v) is 5.21. The van der Waals surface area contributed by atoms with Gasteiger partial charge in [0.05, 0.1) is 0 Å². The second-order valence-electron chi connectivity index (χ2n) is 7.16. The zero-order chi connectivity index (χ0) is 16.9. The number of carbonyl (C=O) groups is 1. The summed E-state index contributed by atoms with van der Waals surface area (Å²) in [5, 5.41) is 6.47. The van der Waals surface area contributed by atoms with Crippen molar-refractivity contribution in [2.75, 3.05) is 44.2 Å². The minimum absolute atomic E-state index is 0. The molecule has 0 aliphatic carbocycles. The van der Waals surface area contributed by atoms with Gasteiger partial charge in [-0.05, 0) is 64.0 Å². The van der Waals surface area contributed by atoms with Crippen LogP contribution in [0.15, 0.2) is 24.3 Å². The van der Waals surface area contributed by atoms with Crippen molar-refractivity contribution in [2.45, 2.75) is 38.8 Å². The van der Waals surface area contributed by atoms with E-state index in [4.69, 9.17) is 0 Å². The second kappa shape index (κ2) is 11.0. The van der Waals surface area contributed by atoms with Crippen molar-refractivity contribution in [3.05, 3.63) is 29.8 Å². The summed E-state index contributed by atoms with van der Waals surface area (Å²) in [6.45, 7) is 10.8. The highest BCUT2D eigenvalue weighted by Crippen LogP contribution is 2.18. The van der Waals surface area contributed by atoms with Crippen molar-refractivity contribution in [2.24, 2.45) is 0 Å². The predicted molar refractivity (Wildman–Crippen MR) is 113 cm³/mol. The standard InChI is InChI=1S/C19H30N4O.2ClH/c1-15(2)22-11-13-23(14-12-22)18-5-3-16(4-6-18)19(24)21-17-7-9-20-10-8-17;;/h3-6,15,17,20H,7-14H2,1-2H3,(H,21,24);2*1H. The molecule has 5 nitrogen and oxygen atoms in total. The van der Waals surface area contributed by atoms with Gasteiger partial charge in [0.1, 0.15) is 0 Å². The largest absolute Gasteiger partial charge is 0.369 e. The molecule has 2 saturated heterocycles. The van der Waals surface area contributed by atoms with Crippen LogP contribution in [-0.2, 0) is 0 Å². The van der Waals surface area contributed by atoms with Gasteiger partial charge in [0.2, 0.25) is 0 Å². The minimum Gasteiger partial charge on any atom is -0.369 e. The fraction of sp³-hybridized carbons (Fsp3) is 0.632. The van der Waals surface area contributed by atoms with Crippen LogP contribution in [0.5, 0.6) is 0 Å². The number of anilines is 1. The Morgan fingerprint density at radius 3 is 2.15 bits per heavy atom. The van der Waals surface area contributed by atoms with Crippen LogP contribution in [0.4, 0.5) is 5.69 Å². The van der Waals surface area contributed by atoms with E-state index in [1.165, 1.54) is 5.69 Å². The highest BCUT2D eigenvalue weighted by molar-refractivity contribution is 5.94. The summed E-state index contributed by atoms with van der Waals surface area (Å²) < 4.78 is 0. The number of hydrogen-bond donors (Lipinski definition) is 2. The molecule has 2 aliphatic heterocycles. The number of rotatable bonds is 4. The molecule has 2 heterocycles. The van der Waals surface area contributed by atoms with Crippen LogP contribution >= 0.6 is 24.8 Å². The van der Waals surface area contributed by atoms with Crippen LogP contribution in [-0.4, -0.2) is 62.2 Å². The number of nitrogens with zero attached hydrogens (tertiary/aromatic N) is 2. The number of piperazine rings is 1. The first-order valence-corrected chi connectivity index (χ1v) is 9.24. The lowest BCUT2D eigenvalue weighted by molar-refractivity contribution is 0.0929. The molecular formula is C19H32Cl2N4O. The fourth-order valence-electron chi connectivity index (χ4n) is 3.56. The van der Waals surface area contributed by atoms with Gasteiger partial charge in [-0.2, -0.15) is 0 Å². The van der Waals surface area contributed by atoms with E-state index in [0.717, 1.165) is 57.7 Å². The maximum Gasteiger partial charge on any atom is 0.251 e. The van der Waals surface area contributed by atoms with E-state index < -0.39 is 0 Å². The van der Waals surface area contributed by atoms with Crippen molar-refractivity contribution in [3.8, 4) is 0 Å². The lowest BCUT2D eigenvalue weighted by Gasteiger charge is -2.38. The highest BCUT2D eigenvalue weighted by atomic mass is 35.5. The Morgan fingerprint density at radius 2 is 1.62 bits per heavy atom. The topological polar surface area (TPSA) is 47.6 Å². The first kappa shape index (κ1) is 23.0. The van der Waals surface area contributed by atoms with E-state index in [0.29, 0.717) is 12.1 Å². The van der Waals surface area contributed by atoms with Crippen LogP contribution in [0.3, 0.4) is 0 Å². The van der Waals surface area contributed by atoms with Gasteiger partial charge in [-0.3, -0.25) is 9.69 Å². The zero-order valence-electron chi connectivity index (χ0n) is 15.7. The normalized spacial score (nSPS) is 18.8. The van der Waals surface area contributed by atoms with Crippen molar-refractivity contribution >= 4 is 36.4 Å². The van der Waals surface area contributed by atoms with Crippen LogP contribution in [0.1, 0.15) is 37.0 Å². The molecule has 1 amide bonds. The van der Waals surface area contributed by atoms with Crippen molar-refractivity contribution in [1.29, 1.82) is 0 Å². The number of halogens is 2. The van der Waals surface area contributed by atoms with Gasteiger partial charge in [0, 0.05) is 49.5 Å². The SMILES string of the molecule is CC(C)N1CCN(c2ccc(C(=O)NC3CCNCC3)cc2)CC1.Cl.Cl. The number of amides is 1. The molecule has 0 radical (unpaired) electrons. The lowest BCUT2D eigenvalue weighted by atomic mass is 10.1. The maximum absolute atomic E-state index is 12.4. The number of piperidine rings is 1. The Hall–Kier alpha value is -1.01. The summed E-state index contributed by atoms with van der Waals surface area (Å²) >= 11 is 0. The lowest BCUT2D eigenvalue weighted by Crippen LogP contribution is -2.48. The average molecular weight is 403 g/mol. The molecule has 0 spiro atoms. The van der Waals surface area contributed by atoms with E-state index in [-0.39, 0.29) is 30.7 Å². The molecular weight excluding hydrogens is 371 g/mol. The number of nitrogens with one attached hydrogen (secondary N) is 2. The summed E-state index contributed by atoms with van der Waals surface area (Å²) in [7, 11) is 0. The molecule has 1 aromatic rings. The zero-order valence-corrected chi connectivity index (χ0v) is 17.4. The summed E-state index contributed by atoms with van der Waals surface area (Å²) in [6, 6.07) is 9.02. The molecule has 2 aliphatic rings. The average Bonchev–Trinajstić information content (AvgIpc) is 2.63. The Bertz CT molecular complexity index is 539. The van der Waals surface area contributed by atoms with E-state index in [2.05, 4.69) is 46.4 Å². The molecule has 148 valence electrons. The number of hydrogen-bond acceptors (Lipinski definition) is 4. The third-order valence-electron chi connectivity index (χ3n) is 5.21. The Morgan fingerprint density at radius 1 is 1.04 bits per heavy atom. The van der Waals surface area contributed by atoms with Crippen molar-refractivity contribution in [1.82, 2.24) is 15.5 Å². The monoisotopic (exact) mass is 402 g/mol. The van der Waals surface area contributed by atoms with Gasteiger partial charge in [-0.1, -0.05) is 0 Å². The molecule has 0 unspecified atom stereocenters. The van der Waals surface area contributed by atoms with Crippen molar-refractivity contribution < 1.29 is 4.79 Å². The van der Waals surface area contributed by atoms with Gasteiger partial charge in [0.25, 0.3) is 5.91 Å². The van der Waals surface area contributed by atoms with Crippen LogP contribution in [0.2, 0.25) is 0 Å². The second-order valence-corrected chi connectivity index (χ2v) is 7.16. The van der Waals surface area contributed by atoms with Gasteiger partial charge < -0.3 is 15.5 Å². The molecule has 7 heteroatoms. The first-order valence-electron chi connectivity index (χ1n) is 9.24. The summed E-state index contributed by atoms with van der Waals surface area (Å²) in [4.78, 5) is 17.3. The molecule has 0 aromatic heterocycles. The summed E-state index contributed by atoms with van der Waals surface area (Å²) in [5.41, 5.74) is 1.98. The Balaban J connectivity index is 0.00000169. The van der Waals surface area contributed by atoms with Gasteiger partial charge in [-0.15, -0.1) is 24.8 Å². The summed E-state index contributed by atoms with van der Waals surface area (Å²) in [6.07, 6.45) is 2.04.